The molecule has 0 saturated carbocycles. The van der Waals surface area contributed by atoms with Crippen molar-refractivity contribution < 1.29 is 23.7 Å². The molecule has 2 unspecified atom stereocenters. The van der Waals surface area contributed by atoms with E-state index in [-0.39, 0.29) is 6.04 Å². The van der Waals surface area contributed by atoms with Crippen LogP contribution in [0.3, 0.4) is 0 Å². The van der Waals surface area contributed by atoms with Crippen molar-refractivity contribution in [1.29, 1.82) is 0 Å². The number of ether oxygens (including phenoxy) is 4. The zero-order valence-corrected chi connectivity index (χ0v) is 25.7. The number of methoxy groups -OCH3 is 2. The van der Waals surface area contributed by atoms with E-state index < -0.39 is 12.2 Å². The van der Waals surface area contributed by atoms with Crippen molar-refractivity contribution in [3.8, 4) is 23.0 Å². The van der Waals surface area contributed by atoms with Crippen LogP contribution in [0.2, 0.25) is 0 Å². The molecule has 0 bridgehead atoms. The highest BCUT2D eigenvalue weighted by Crippen LogP contribution is 2.50. The molecule has 0 radical (unpaired) electrons. The largest absolute Gasteiger partial charge is 0.497 e. The Morgan fingerprint density at radius 3 is 2.41 bits per heavy atom. The van der Waals surface area contributed by atoms with Crippen molar-refractivity contribution in [3.05, 3.63) is 116 Å². The van der Waals surface area contributed by atoms with Gasteiger partial charge in [0.25, 0.3) is 0 Å². The maximum atomic E-state index is 12.9. The average molecular weight is 678 g/mol. The van der Waals surface area contributed by atoms with Gasteiger partial charge in [0.2, 0.25) is 6.23 Å². The van der Waals surface area contributed by atoms with Gasteiger partial charge in [-0.15, -0.1) is 0 Å². The minimum atomic E-state index is -0.545. The summed E-state index contributed by atoms with van der Waals surface area (Å²) in [6.07, 6.45) is 0.164. The molecule has 208 valence electrons. The fourth-order valence-electron chi connectivity index (χ4n) is 5.06. The maximum absolute atomic E-state index is 12.9. The molecule has 6 rings (SSSR count). The number of halogens is 2. The van der Waals surface area contributed by atoms with Gasteiger partial charge in [-0.2, -0.15) is 5.10 Å². The molecule has 0 aliphatic carbocycles. The number of carbonyl (C=O) groups excluding carboxylic acids is 1. The van der Waals surface area contributed by atoms with E-state index in [4.69, 9.17) is 24.0 Å². The number of fused-ring (bicyclic) bond motifs is 3. The monoisotopic (exact) mass is 676 g/mol. The Labute approximate surface area is 254 Å². The molecule has 41 heavy (non-hydrogen) atoms. The summed E-state index contributed by atoms with van der Waals surface area (Å²) in [5.74, 6) is 1.80. The van der Waals surface area contributed by atoms with Gasteiger partial charge in [0.05, 0.1) is 36.0 Å². The first kappa shape index (κ1) is 27.4. The number of hydrazone groups is 1. The first-order chi connectivity index (χ1) is 19.8. The lowest BCUT2D eigenvalue weighted by Crippen LogP contribution is -2.33. The Morgan fingerprint density at radius 2 is 1.71 bits per heavy atom. The van der Waals surface area contributed by atoms with Crippen LogP contribution in [0.5, 0.6) is 23.0 Å². The maximum Gasteiger partial charge on any atom is 0.343 e. The van der Waals surface area contributed by atoms with Crippen LogP contribution in [0.15, 0.2) is 92.9 Å². The van der Waals surface area contributed by atoms with Crippen molar-refractivity contribution in [1.82, 2.24) is 5.01 Å². The number of nitrogens with zero attached hydrogens (tertiary/aromatic N) is 2. The van der Waals surface area contributed by atoms with Crippen LogP contribution in [0, 0.1) is 6.92 Å². The second-order valence-electron chi connectivity index (χ2n) is 9.82. The molecule has 0 N–H and O–H groups in total. The van der Waals surface area contributed by atoms with Crippen LogP contribution in [0.25, 0.3) is 0 Å². The van der Waals surface area contributed by atoms with Crippen molar-refractivity contribution in [2.45, 2.75) is 25.6 Å². The molecule has 2 aliphatic rings. The quantitative estimate of drug-likeness (QED) is 0.152. The Hall–Kier alpha value is -3.82. The molecule has 0 spiro atoms. The Balaban J connectivity index is 1.37. The van der Waals surface area contributed by atoms with Gasteiger partial charge in [-0.05, 0) is 95.1 Å². The average Bonchev–Trinajstić information content (AvgIpc) is 3.44. The molecule has 9 heteroatoms. The molecule has 2 aliphatic heterocycles. The molecule has 2 heterocycles. The number of benzene rings is 4. The standard InChI is InChI=1S/C32H26Br2N2O5/c1-18-4-6-20(7-5-18)32(37)41-30-25(34)14-21(15-29(30)39-3)31-36-27(24-16-22(33)10-13-28(24)40-31)17-26(35-36)19-8-11-23(38-2)12-9-19/h4-16,27,31H,17H2,1-3H3. The summed E-state index contributed by atoms with van der Waals surface area (Å²) in [6.45, 7) is 1.97. The number of esters is 1. The zero-order chi connectivity index (χ0) is 28.7. The molecule has 0 amide bonds. The van der Waals surface area contributed by atoms with Crippen LogP contribution in [0.1, 0.15) is 51.3 Å². The minimum Gasteiger partial charge on any atom is -0.497 e. The highest BCUT2D eigenvalue weighted by Gasteiger charge is 2.41. The van der Waals surface area contributed by atoms with Gasteiger partial charge in [0.1, 0.15) is 11.5 Å². The van der Waals surface area contributed by atoms with E-state index >= 15 is 0 Å². The van der Waals surface area contributed by atoms with Gasteiger partial charge in [0.15, 0.2) is 11.5 Å². The normalized spacial score (nSPS) is 17.2. The highest BCUT2D eigenvalue weighted by atomic mass is 79.9. The van der Waals surface area contributed by atoms with E-state index in [0.717, 1.165) is 43.9 Å². The second-order valence-corrected chi connectivity index (χ2v) is 11.6. The lowest BCUT2D eigenvalue weighted by molar-refractivity contribution is -0.0192. The lowest BCUT2D eigenvalue weighted by Gasteiger charge is -2.38. The van der Waals surface area contributed by atoms with E-state index in [9.17, 15) is 4.79 Å². The van der Waals surface area contributed by atoms with Crippen LogP contribution in [0.4, 0.5) is 0 Å². The summed E-state index contributed by atoms with van der Waals surface area (Å²) in [6, 6.07) is 24.8. The van der Waals surface area contributed by atoms with Crippen LogP contribution < -0.4 is 18.9 Å². The lowest BCUT2D eigenvalue weighted by atomic mass is 9.96. The molecule has 0 aromatic heterocycles. The molecule has 4 aromatic rings. The SMILES string of the molecule is COc1ccc(C2=NN3C(C2)c2cc(Br)ccc2OC3c2cc(Br)c(OC(=O)c3ccc(C)cc3)c(OC)c2)cc1. The Morgan fingerprint density at radius 1 is 0.951 bits per heavy atom. The minimum absolute atomic E-state index is 0.0397. The first-order valence-corrected chi connectivity index (χ1v) is 14.6. The van der Waals surface area contributed by atoms with Crippen LogP contribution in [-0.2, 0) is 0 Å². The summed E-state index contributed by atoms with van der Waals surface area (Å²) in [4.78, 5) is 12.9. The molecule has 2 atom stereocenters. The van der Waals surface area contributed by atoms with Gasteiger partial charge >= 0.3 is 5.97 Å². The van der Waals surface area contributed by atoms with E-state index in [1.165, 1.54) is 0 Å². The van der Waals surface area contributed by atoms with Gasteiger partial charge in [-0.1, -0.05) is 33.6 Å². The van der Waals surface area contributed by atoms with E-state index in [1.54, 1.807) is 26.4 Å². The molecular formula is C32H26Br2N2O5. The van der Waals surface area contributed by atoms with Crippen molar-refractivity contribution in [2.75, 3.05) is 14.2 Å². The van der Waals surface area contributed by atoms with Gasteiger partial charge in [-0.3, -0.25) is 0 Å². The first-order valence-electron chi connectivity index (χ1n) is 13.0. The summed E-state index contributed by atoms with van der Waals surface area (Å²) in [5.41, 5.74) is 5.33. The molecule has 0 fully saturated rings. The van der Waals surface area contributed by atoms with Crippen molar-refractivity contribution in [3.63, 3.8) is 0 Å². The van der Waals surface area contributed by atoms with E-state index in [2.05, 4.69) is 37.9 Å². The molecule has 4 aromatic carbocycles. The van der Waals surface area contributed by atoms with Gasteiger partial charge < -0.3 is 18.9 Å². The Kier molecular flexibility index (Phi) is 7.48. The topological polar surface area (TPSA) is 69.6 Å². The fraction of sp³-hybridized carbons (Fsp3) is 0.188. The Bertz CT molecular complexity index is 1650. The number of carbonyl (C=O) groups is 1. The summed E-state index contributed by atoms with van der Waals surface area (Å²) < 4.78 is 24.9. The summed E-state index contributed by atoms with van der Waals surface area (Å²) in [5, 5.41) is 7.05. The molecular weight excluding hydrogens is 652 g/mol. The third kappa shape index (κ3) is 5.31. The smallest absolute Gasteiger partial charge is 0.343 e. The van der Waals surface area contributed by atoms with Crippen LogP contribution >= 0.6 is 31.9 Å². The third-order valence-corrected chi connectivity index (χ3v) is 8.28. The summed E-state index contributed by atoms with van der Waals surface area (Å²) in [7, 11) is 3.20. The van der Waals surface area contributed by atoms with Crippen molar-refractivity contribution in [2.24, 2.45) is 5.10 Å². The van der Waals surface area contributed by atoms with E-state index in [1.807, 2.05) is 72.6 Å². The number of hydrogen-bond donors (Lipinski definition) is 0. The second kappa shape index (κ2) is 11.2. The molecule has 0 saturated heterocycles. The number of hydrogen-bond acceptors (Lipinski definition) is 7. The third-order valence-electron chi connectivity index (χ3n) is 7.19. The van der Waals surface area contributed by atoms with Gasteiger partial charge in [0, 0.05) is 22.0 Å². The number of aryl methyl sites for hydroxylation is 1. The summed E-state index contributed by atoms with van der Waals surface area (Å²) >= 11 is 7.22. The van der Waals surface area contributed by atoms with Gasteiger partial charge in [-0.25, -0.2) is 9.80 Å². The number of rotatable bonds is 6. The fourth-order valence-corrected chi connectivity index (χ4v) is 5.98. The molecule has 7 nitrogen and oxygen atoms in total. The van der Waals surface area contributed by atoms with E-state index in [0.29, 0.717) is 28.0 Å². The van der Waals surface area contributed by atoms with Crippen molar-refractivity contribution >= 4 is 43.5 Å². The predicted molar refractivity (Wildman–Crippen MR) is 163 cm³/mol. The van der Waals surface area contributed by atoms with Crippen LogP contribution in [-0.4, -0.2) is 30.9 Å². The predicted octanol–water partition coefficient (Wildman–Crippen LogP) is 8.00. The highest BCUT2D eigenvalue weighted by molar-refractivity contribution is 9.10. The zero-order valence-electron chi connectivity index (χ0n) is 22.6.